The van der Waals surface area contributed by atoms with Crippen molar-refractivity contribution in [2.75, 3.05) is 0 Å². The number of aromatic nitrogens is 5. The normalized spacial score (nSPS) is 11.2. The van der Waals surface area contributed by atoms with Gasteiger partial charge < -0.3 is 9.63 Å². The number of imidazole rings is 1. The smallest absolute Gasteiger partial charge is 0.336 e. The minimum absolute atomic E-state index is 0.0373. The Balaban J connectivity index is 1.43. The van der Waals surface area contributed by atoms with Crippen LogP contribution in [0.2, 0.25) is 0 Å². The van der Waals surface area contributed by atoms with Gasteiger partial charge in [0.15, 0.2) is 23.2 Å². The van der Waals surface area contributed by atoms with Crippen LogP contribution in [0, 0.1) is 11.6 Å². The molecule has 8 nitrogen and oxygen atoms in total. The minimum atomic E-state index is -1.06. The fraction of sp³-hybridized carbons (Fsp3) is 0.0455. The number of aromatic carboxylic acids is 1. The molecule has 3 aromatic rings. The summed E-state index contributed by atoms with van der Waals surface area (Å²) in [5, 5.41) is 17.6. The molecule has 0 unspecified atom stereocenters. The Morgan fingerprint density at radius 2 is 1.78 bits per heavy atom. The fourth-order valence-electron chi connectivity index (χ4n) is 3.31. The predicted molar refractivity (Wildman–Crippen MR) is 108 cm³/mol. The number of rotatable bonds is 5. The van der Waals surface area contributed by atoms with E-state index in [1.165, 1.54) is 29.1 Å². The fourth-order valence-corrected chi connectivity index (χ4v) is 3.31. The topological polar surface area (TPSA) is 107 Å². The number of nitrogens with zero attached hydrogens (tertiary/aromatic N) is 5. The highest BCUT2D eigenvalue weighted by molar-refractivity contribution is 5.95. The molecular weight excluding hydrogens is 420 g/mol. The largest absolute Gasteiger partial charge is 0.478 e. The van der Waals surface area contributed by atoms with Crippen LogP contribution in [0.1, 0.15) is 16.1 Å². The zero-order valence-electron chi connectivity index (χ0n) is 16.2. The second-order valence-corrected chi connectivity index (χ2v) is 6.92. The van der Waals surface area contributed by atoms with E-state index in [1.54, 1.807) is 30.5 Å². The number of carboxylic acids is 1. The lowest BCUT2D eigenvalue weighted by molar-refractivity contribution is 0.0697. The molecule has 10 heteroatoms. The molecule has 5 rings (SSSR count). The number of hydrogen-bond acceptors (Lipinski definition) is 6. The van der Waals surface area contributed by atoms with Crippen molar-refractivity contribution in [2.24, 2.45) is 0 Å². The molecule has 0 spiro atoms. The van der Waals surface area contributed by atoms with Gasteiger partial charge in [0.2, 0.25) is 0 Å². The maximum absolute atomic E-state index is 14.1. The van der Waals surface area contributed by atoms with E-state index in [4.69, 9.17) is 4.52 Å². The minimum Gasteiger partial charge on any atom is -0.478 e. The number of carboxylic acid groups (broad SMARTS) is 1. The van der Waals surface area contributed by atoms with Crippen molar-refractivity contribution in [3.63, 3.8) is 0 Å². The number of benzene rings is 2. The van der Waals surface area contributed by atoms with Crippen molar-refractivity contribution in [3.8, 4) is 34.0 Å². The van der Waals surface area contributed by atoms with Gasteiger partial charge in [-0.25, -0.2) is 23.5 Å². The van der Waals surface area contributed by atoms with E-state index < -0.39 is 17.6 Å². The molecule has 0 amide bonds. The van der Waals surface area contributed by atoms with E-state index in [1.807, 2.05) is 0 Å². The molecule has 1 N–H and O–H groups in total. The second kappa shape index (κ2) is 7.65. The summed E-state index contributed by atoms with van der Waals surface area (Å²) in [7, 11) is 0. The Morgan fingerprint density at radius 3 is 2.62 bits per heavy atom. The molecule has 2 aliphatic heterocycles. The monoisotopic (exact) mass is 433 g/mol. The van der Waals surface area contributed by atoms with Crippen molar-refractivity contribution in [2.45, 2.75) is 6.54 Å². The average Bonchev–Trinajstić information content (AvgIpc) is 3.42. The van der Waals surface area contributed by atoms with Gasteiger partial charge in [-0.3, -0.25) is 4.68 Å². The van der Waals surface area contributed by atoms with Gasteiger partial charge in [0.25, 0.3) is 0 Å². The molecule has 32 heavy (non-hydrogen) atoms. The molecule has 158 valence electrons. The van der Waals surface area contributed by atoms with E-state index in [0.29, 0.717) is 28.4 Å². The Kier molecular flexibility index (Phi) is 4.66. The van der Waals surface area contributed by atoms with Crippen molar-refractivity contribution < 1.29 is 23.2 Å². The van der Waals surface area contributed by atoms with Crippen LogP contribution < -0.4 is 0 Å². The highest BCUT2D eigenvalue weighted by atomic mass is 19.2. The van der Waals surface area contributed by atoms with Crippen molar-refractivity contribution in [1.82, 2.24) is 24.9 Å². The number of fused-ring (bicyclic) bond motifs is 1. The maximum atomic E-state index is 14.1. The van der Waals surface area contributed by atoms with Crippen LogP contribution in [-0.4, -0.2) is 36.0 Å². The summed E-state index contributed by atoms with van der Waals surface area (Å²) in [5.41, 5.74) is 1.76. The molecular formula is C22H13F2N5O3. The van der Waals surface area contributed by atoms with E-state index >= 15 is 0 Å². The summed E-state index contributed by atoms with van der Waals surface area (Å²) in [6.45, 7) is 0.189. The predicted octanol–water partition coefficient (Wildman–Crippen LogP) is 4.12. The highest BCUT2D eigenvalue weighted by Crippen LogP contribution is 2.27. The molecule has 0 saturated heterocycles. The van der Waals surface area contributed by atoms with Gasteiger partial charge in [-0.1, -0.05) is 29.4 Å². The molecule has 0 aliphatic carbocycles. The molecule has 3 heterocycles. The van der Waals surface area contributed by atoms with Gasteiger partial charge in [0, 0.05) is 11.6 Å². The Labute approximate surface area is 179 Å². The molecule has 0 bridgehead atoms. The third-order valence-corrected chi connectivity index (χ3v) is 4.82. The molecule has 1 aromatic heterocycles. The third kappa shape index (κ3) is 3.47. The Hall–Kier alpha value is -4.47. The molecule has 0 saturated carbocycles. The van der Waals surface area contributed by atoms with Crippen molar-refractivity contribution in [3.05, 3.63) is 83.9 Å². The quantitative estimate of drug-likeness (QED) is 0.444. The third-order valence-electron chi connectivity index (χ3n) is 4.82. The Bertz CT molecular complexity index is 1430. The molecule has 0 atom stereocenters. The highest BCUT2D eigenvalue weighted by Gasteiger charge is 2.19. The number of halogens is 2. The maximum Gasteiger partial charge on any atom is 0.336 e. The van der Waals surface area contributed by atoms with Crippen LogP contribution in [0.15, 0.2) is 65.4 Å². The van der Waals surface area contributed by atoms with Crippen LogP contribution in [0.3, 0.4) is 0 Å². The first-order chi connectivity index (χ1) is 15.5. The first-order valence-corrected chi connectivity index (χ1v) is 9.42. The van der Waals surface area contributed by atoms with Crippen LogP contribution in [0.5, 0.6) is 0 Å². The lowest BCUT2D eigenvalue weighted by Crippen LogP contribution is -2.04. The first kappa shape index (κ1) is 19.5. The summed E-state index contributed by atoms with van der Waals surface area (Å²) in [5.74, 6) is -2.56. The molecule has 2 aromatic carbocycles. The number of carbonyl (C=O) groups is 1. The van der Waals surface area contributed by atoms with Gasteiger partial charge >= 0.3 is 5.97 Å². The van der Waals surface area contributed by atoms with E-state index in [9.17, 15) is 18.7 Å². The van der Waals surface area contributed by atoms with E-state index in [2.05, 4.69) is 20.2 Å². The van der Waals surface area contributed by atoms with Gasteiger partial charge in [0.05, 0.1) is 23.5 Å². The van der Waals surface area contributed by atoms with Crippen LogP contribution >= 0.6 is 0 Å². The Morgan fingerprint density at radius 1 is 1.00 bits per heavy atom. The zero-order valence-corrected chi connectivity index (χ0v) is 16.2. The summed E-state index contributed by atoms with van der Waals surface area (Å²) < 4.78 is 34.5. The van der Waals surface area contributed by atoms with E-state index in [0.717, 1.165) is 6.07 Å². The van der Waals surface area contributed by atoms with Gasteiger partial charge in [-0.05, 0) is 18.2 Å². The lowest BCUT2D eigenvalue weighted by Gasteiger charge is -2.03. The molecule has 0 fully saturated rings. The molecule has 0 radical (unpaired) electrons. The van der Waals surface area contributed by atoms with Gasteiger partial charge in [-0.2, -0.15) is 5.10 Å². The zero-order chi connectivity index (χ0) is 22.2. The van der Waals surface area contributed by atoms with Crippen molar-refractivity contribution >= 4 is 5.97 Å². The van der Waals surface area contributed by atoms with Crippen molar-refractivity contribution in [1.29, 1.82) is 0 Å². The summed E-state index contributed by atoms with van der Waals surface area (Å²) in [6.07, 6.45) is 3.05. The SMILES string of the molecule is O=C(O)c1ccccc1-c1cc(Cn2cc3nc(-c4cccc(F)c4F)nc-3cn2)on1. The van der Waals surface area contributed by atoms with Gasteiger partial charge in [-0.15, -0.1) is 0 Å². The lowest BCUT2D eigenvalue weighted by atomic mass is 10.0. The molecule has 2 aliphatic rings. The van der Waals surface area contributed by atoms with Crippen LogP contribution in [0.4, 0.5) is 8.78 Å². The average molecular weight is 433 g/mol. The second-order valence-electron chi connectivity index (χ2n) is 6.92. The standard InChI is InChI=1S/C22H13F2N5O3/c23-16-7-3-6-15(20(16)24)21-26-18-9-25-29(11-19(18)27-21)10-12-8-17(28-32-12)13-4-1-2-5-14(13)22(30)31/h1-9,11H,10H2,(H,30,31). The summed E-state index contributed by atoms with van der Waals surface area (Å²) in [6, 6.07) is 11.9. The van der Waals surface area contributed by atoms with Crippen LogP contribution in [0.25, 0.3) is 34.0 Å². The van der Waals surface area contributed by atoms with Gasteiger partial charge in [0.1, 0.15) is 23.6 Å². The number of hydrogen-bond donors (Lipinski definition) is 1. The first-order valence-electron chi connectivity index (χ1n) is 9.42. The summed E-state index contributed by atoms with van der Waals surface area (Å²) in [4.78, 5) is 19.9. The summed E-state index contributed by atoms with van der Waals surface area (Å²) >= 11 is 0. The van der Waals surface area contributed by atoms with E-state index in [-0.39, 0.29) is 23.5 Å². The van der Waals surface area contributed by atoms with Crippen LogP contribution in [-0.2, 0) is 6.54 Å².